The molecule has 2 aromatic heterocycles. The second-order valence-electron chi connectivity index (χ2n) is 7.00. The lowest BCUT2D eigenvalue weighted by molar-refractivity contribution is 0.428. The standard InChI is InChI=1S/C22H19FN4O4S/c1-26(14-15-6-4-5-10-24-15)32(30,31)22-12-16(20(28)13-21(22)29)18-9-11-25-27(18)19-8-3-2-7-17(19)23/h2-13,28-29H,14H2,1H3. The molecule has 0 bridgehead atoms. The minimum Gasteiger partial charge on any atom is -0.507 e. The van der Waals surface area contributed by atoms with Crippen molar-refractivity contribution in [3.8, 4) is 28.4 Å². The van der Waals surface area contributed by atoms with Crippen LogP contribution in [-0.4, -0.2) is 44.7 Å². The molecule has 32 heavy (non-hydrogen) atoms. The highest BCUT2D eigenvalue weighted by Gasteiger charge is 2.27. The van der Waals surface area contributed by atoms with Crippen LogP contribution in [0.5, 0.6) is 11.5 Å². The molecule has 0 saturated heterocycles. The van der Waals surface area contributed by atoms with Gasteiger partial charge in [0.05, 0.1) is 24.1 Å². The fourth-order valence-electron chi connectivity index (χ4n) is 3.26. The van der Waals surface area contributed by atoms with Gasteiger partial charge in [0.1, 0.15) is 27.9 Å². The van der Waals surface area contributed by atoms with Gasteiger partial charge in [-0.3, -0.25) is 4.98 Å². The number of sulfonamides is 1. The first-order valence-electron chi connectivity index (χ1n) is 9.50. The molecule has 0 amide bonds. The van der Waals surface area contributed by atoms with Crippen molar-refractivity contribution < 1.29 is 23.0 Å². The van der Waals surface area contributed by atoms with E-state index in [9.17, 15) is 23.0 Å². The maximum atomic E-state index is 14.3. The number of benzene rings is 2. The number of pyridine rings is 1. The first kappa shape index (κ1) is 21.5. The van der Waals surface area contributed by atoms with E-state index in [1.54, 1.807) is 30.5 Å². The molecule has 0 spiro atoms. The summed E-state index contributed by atoms with van der Waals surface area (Å²) in [6.45, 7) is -0.0218. The van der Waals surface area contributed by atoms with Crippen molar-refractivity contribution in [1.82, 2.24) is 19.1 Å². The zero-order valence-electron chi connectivity index (χ0n) is 16.9. The number of hydrogen-bond donors (Lipinski definition) is 2. The normalized spacial score (nSPS) is 11.7. The summed E-state index contributed by atoms with van der Waals surface area (Å²) in [5, 5.41) is 24.9. The van der Waals surface area contributed by atoms with Gasteiger partial charge >= 0.3 is 0 Å². The van der Waals surface area contributed by atoms with E-state index < -0.39 is 26.5 Å². The first-order valence-corrected chi connectivity index (χ1v) is 10.9. The second-order valence-corrected chi connectivity index (χ2v) is 9.01. The van der Waals surface area contributed by atoms with Gasteiger partial charge in [-0.05, 0) is 36.4 Å². The van der Waals surface area contributed by atoms with Gasteiger partial charge in [0, 0.05) is 24.9 Å². The van der Waals surface area contributed by atoms with Gasteiger partial charge in [-0.2, -0.15) is 9.40 Å². The molecule has 0 aliphatic heterocycles. The van der Waals surface area contributed by atoms with E-state index in [4.69, 9.17) is 0 Å². The largest absolute Gasteiger partial charge is 0.507 e. The Morgan fingerprint density at radius 1 is 1.00 bits per heavy atom. The van der Waals surface area contributed by atoms with E-state index in [-0.39, 0.29) is 29.2 Å². The molecular formula is C22H19FN4O4S. The van der Waals surface area contributed by atoms with Crippen LogP contribution in [0.25, 0.3) is 16.9 Å². The van der Waals surface area contributed by atoms with Crippen LogP contribution in [0, 0.1) is 5.82 Å². The molecule has 0 atom stereocenters. The van der Waals surface area contributed by atoms with Gasteiger partial charge in [0.15, 0.2) is 0 Å². The number of halogens is 1. The number of para-hydroxylation sites is 1. The average Bonchev–Trinajstić information content (AvgIpc) is 3.24. The number of aromatic hydroxyl groups is 2. The Morgan fingerprint density at radius 2 is 1.75 bits per heavy atom. The fourth-order valence-corrected chi connectivity index (χ4v) is 4.49. The van der Waals surface area contributed by atoms with Crippen LogP contribution < -0.4 is 0 Å². The Labute approximate surface area is 183 Å². The Kier molecular flexibility index (Phi) is 5.64. The molecule has 10 heteroatoms. The summed E-state index contributed by atoms with van der Waals surface area (Å²) >= 11 is 0. The molecule has 0 aliphatic rings. The van der Waals surface area contributed by atoms with Gasteiger partial charge in [-0.25, -0.2) is 17.5 Å². The van der Waals surface area contributed by atoms with Crippen molar-refractivity contribution in [2.24, 2.45) is 0 Å². The highest BCUT2D eigenvalue weighted by Crippen LogP contribution is 2.38. The van der Waals surface area contributed by atoms with E-state index in [1.165, 1.54) is 42.2 Å². The van der Waals surface area contributed by atoms with Gasteiger partial charge in [-0.1, -0.05) is 18.2 Å². The summed E-state index contributed by atoms with van der Waals surface area (Å²) in [5.41, 5.74) is 0.955. The molecule has 0 fully saturated rings. The van der Waals surface area contributed by atoms with Gasteiger partial charge in [0.25, 0.3) is 0 Å². The van der Waals surface area contributed by atoms with E-state index in [0.717, 1.165) is 16.4 Å². The molecular weight excluding hydrogens is 435 g/mol. The van der Waals surface area contributed by atoms with E-state index in [0.29, 0.717) is 5.69 Å². The third kappa shape index (κ3) is 3.93. The minimum absolute atomic E-state index is 0.0218. The Morgan fingerprint density at radius 3 is 2.47 bits per heavy atom. The van der Waals surface area contributed by atoms with Crippen LogP contribution in [0.1, 0.15) is 5.69 Å². The summed E-state index contributed by atoms with van der Waals surface area (Å²) in [7, 11) is -2.79. The minimum atomic E-state index is -4.16. The van der Waals surface area contributed by atoms with Crippen LogP contribution in [0.4, 0.5) is 4.39 Å². The summed E-state index contributed by atoms with van der Waals surface area (Å²) in [5.74, 6) is -1.54. The lowest BCUT2D eigenvalue weighted by Crippen LogP contribution is -2.27. The van der Waals surface area contributed by atoms with Crippen LogP contribution in [0.15, 0.2) is 78.0 Å². The zero-order chi connectivity index (χ0) is 22.9. The van der Waals surface area contributed by atoms with Gasteiger partial charge in [0.2, 0.25) is 10.0 Å². The van der Waals surface area contributed by atoms with Crippen LogP contribution in [0.3, 0.4) is 0 Å². The van der Waals surface area contributed by atoms with E-state index in [1.807, 2.05) is 0 Å². The molecule has 8 nitrogen and oxygen atoms in total. The van der Waals surface area contributed by atoms with Crippen LogP contribution in [-0.2, 0) is 16.6 Å². The van der Waals surface area contributed by atoms with Crippen molar-refractivity contribution in [1.29, 1.82) is 0 Å². The third-order valence-electron chi connectivity index (χ3n) is 4.88. The zero-order valence-corrected chi connectivity index (χ0v) is 17.7. The van der Waals surface area contributed by atoms with Crippen molar-refractivity contribution >= 4 is 10.0 Å². The number of hydrogen-bond acceptors (Lipinski definition) is 6. The van der Waals surface area contributed by atoms with E-state index >= 15 is 0 Å². The predicted octanol–water partition coefficient (Wildman–Crippen LogP) is 3.31. The highest BCUT2D eigenvalue weighted by atomic mass is 32.2. The number of phenolic OH excluding ortho intramolecular Hbond substituents is 2. The lowest BCUT2D eigenvalue weighted by atomic mass is 10.1. The number of nitrogens with zero attached hydrogens (tertiary/aromatic N) is 4. The summed E-state index contributed by atoms with van der Waals surface area (Å²) in [6, 6.07) is 14.6. The number of phenols is 2. The van der Waals surface area contributed by atoms with Gasteiger partial charge in [-0.15, -0.1) is 0 Å². The second kappa shape index (κ2) is 8.40. The fraction of sp³-hybridized carbons (Fsp3) is 0.0909. The van der Waals surface area contributed by atoms with Crippen LogP contribution in [0.2, 0.25) is 0 Å². The van der Waals surface area contributed by atoms with Crippen molar-refractivity contribution in [3.05, 3.63) is 84.6 Å². The first-order chi connectivity index (χ1) is 15.3. The number of rotatable bonds is 6. The smallest absolute Gasteiger partial charge is 0.246 e. The number of aromatic nitrogens is 3. The molecule has 4 aromatic rings. The average molecular weight is 454 g/mol. The Bertz CT molecular complexity index is 1370. The van der Waals surface area contributed by atoms with Crippen LogP contribution >= 0.6 is 0 Å². The SMILES string of the molecule is CN(Cc1ccccn1)S(=O)(=O)c1cc(-c2ccnn2-c2ccccc2F)c(O)cc1O. The molecule has 0 radical (unpaired) electrons. The molecule has 0 aliphatic carbocycles. The predicted molar refractivity (Wildman–Crippen MR) is 115 cm³/mol. The van der Waals surface area contributed by atoms with Crippen molar-refractivity contribution in [3.63, 3.8) is 0 Å². The molecule has 0 saturated carbocycles. The maximum Gasteiger partial charge on any atom is 0.246 e. The van der Waals surface area contributed by atoms with Crippen molar-refractivity contribution in [2.75, 3.05) is 7.05 Å². The molecule has 2 aromatic carbocycles. The Balaban J connectivity index is 1.79. The van der Waals surface area contributed by atoms with Crippen molar-refractivity contribution in [2.45, 2.75) is 11.4 Å². The molecule has 2 heterocycles. The highest BCUT2D eigenvalue weighted by molar-refractivity contribution is 7.89. The summed E-state index contributed by atoms with van der Waals surface area (Å²) in [6.07, 6.45) is 2.95. The quantitative estimate of drug-likeness (QED) is 0.463. The summed E-state index contributed by atoms with van der Waals surface area (Å²) in [4.78, 5) is 3.71. The molecule has 164 valence electrons. The molecule has 2 N–H and O–H groups in total. The molecule has 0 unspecified atom stereocenters. The molecule has 4 rings (SSSR count). The topological polar surface area (TPSA) is 109 Å². The van der Waals surface area contributed by atoms with E-state index in [2.05, 4.69) is 10.1 Å². The summed E-state index contributed by atoms with van der Waals surface area (Å²) < 4.78 is 43.0. The maximum absolute atomic E-state index is 14.3. The van der Waals surface area contributed by atoms with Gasteiger partial charge < -0.3 is 10.2 Å². The Hall–Kier alpha value is -3.76. The third-order valence-corrected chi connectivity index (χ3v) is 6.71. The lowest BCUT2D eigenvalue weighted by Gasteiger charge is -2.19. The monoisotopic (exact) mass is 454 g/mol.